The van der Waals surface area contributed by atoms with Crippen molar-refractivity contribution in [3.63, 3.8) is 0 Å². The van der Waals surface area contributed by atoms with Crippen LogP contribution in [0.5, 0.6) is 0 Å². The van der Waals surface area contributed by atoms with Gasteiger partial charge < -0.3 is 35.4 Å². The van der Waals surface area contributed by atoms with Gasteiger partial charge in [-0.15, -0.1) is 5.56 Å². The molecule has 0 aliphatic carbocycles. The number of carbonyl (C=O) groups is 1. The van der Waals surface area contributed by atoms with E-state index in [1.165, 1.54) is 0 Å². The van der Waals surface area contributed by atoms with Crippen molar-refractivity contribution in [2.75, 3.05) is 0 Å². The molecule has 0 bridgehead atoms. The van der Waals surface area contributed by atoms with E-state index in [9.17, 15) is 9.90 Å². The molecule has 0 saturated carbocycles. The zero-order valence-electron chi connectivity index (χ0n) is 11.4. The minimum Gasteiger partial charge on any atom is -0.748 e. The molecule has 0 radical (unpaired) electrons. The van der Waals surface area contributed by atoms with Gasteiger partial charge in [-0.25, -0.2) is 12.1 Å². The summed E-state index contributed by atoms with van der Waals surface area (Å²) >= 11 is 0. The number of aliphatic hydroxyl groups is 1. The fourth-order valence-corrected chi connectivity index (χ4v) is 1.80. The van der Waals surface area contributed by atoms with Crippen LogP contribution in [-0.2, 0) is 17.1 Å². The number of hydrogen-bond donors (Lipinski definition) is 1. The van der Waals surface area contributed by atoms with Crippen molar-refractivity contribution in [3.05, 3.63) is 96.1 Å². The average molecular weight is 320 g/mol. The standard InChI is InChI=1S/C13H11O2.C5H5.Fe/c14-12(10-6-2-1-3-7-10)13(15)11-8-4-5-9-11;1-2-4-5-3-1;/h1-9,13,15H;1-5H;/q-1;-5;. The van der Waals surface area contributed by atoms with E-state index in [0.717, 1.165) is 0 Å². The van der Waals surface area contributed by atoms with Crippen LogP contribution in [0, 0.1) is 0 Å². The summed E-state index contributed by atoms with van der Waals surface area (Å²) in [5.74, 6) is -0.262. The second kappa shape index (κ2) is 9.09. The summed E-state index contributed by atoms with van der Waals surface area (Å²) in [7, 11) is 0. The molecule has 0 saturated heterocycles. The third-order valence-corrected chi connectivity index (χ3v) is 2.87. The van der Waals surface area contributed by atoms with E-state index in [0.29, 0.717) is 11.1 Å². The van der Waals surface area contributed by atoms with E-state index in [2.05, 4.69) is 0 Å². The normalized spacial score (nSPS) is 10.7. The molecule has 0 aromatic heterocycles. The van der Waals surface area contributed by atoms with Crippen LogP contribution in [0.1, 0.15) is 22.0 Å². The van der Waals surface area contributed by atoms with Crippen molar-refractivity contribution in [3.8, 4) is 0 Å². The molecule has 0 spiro atoms. The number of benzene rings is 1. The molecular weight excluding hydrogens is 304 g/mol. The Morgan fingerprint density at radius 3 is 1.86 bits per heavy atom. The Bertz CT molecular complexity index is 581. The van der Waals surface area contributed by atoms with Crippen LogP contribution >= 0.6 is 0 Å². The number of carbonyl (C=O) groups excluding carboxylic acids is 1. The second-order valence-electron chi connectivity index (χ2n) is 4.31. The van der Waals surface area contributed by atoms with Crippen LogP contribution in [0.3, 0.4) is 0 Å². The fraction of sp³-hybridized carbons (Fsp3) is 0.0556. The van der Waals surface area contributed by atoms with Crippen molar-refractivity contribution in [1.82, 2.24) is 0 Å². The smallest absolute Gasteiger partial charge is 0.184 e. The Hall–Kier alpha value is -1.93. The third kappa shape index (κ3) is 5.16. The second-order valence-corrected chi connectivity index (χ2v) is 4.31. The van der Waals surface area contributed by atoms with Crippen LogP contribution in [0.2, 0.25) is 0 Å². The van der Waals surface area contributed by atoms with Gasteiger partial charge in [0.15, 0.2) is 5.78 Å². The molecule has 3 heteroatoms. The summed E-state index contributed by atoms with van der Waals surface area (Å²) in [4.78, 5) is 11.8. The molecule has 0 amide bonds. The molecule has 1 unspecified atom stereocenters. The summed E-state index contributed by atoms with van der Waals surface area (Å²) < 4.78 is 0. The molecule has 1 N–H and O–H groups in total. The predicted molar refractivity (Wildman–Crippen MR) is 79.8 cm³/mol. The monoisotopic (exact) mass is 320 g/mol. The maximum Gasteiger partial charge on any atom is 0.184 e. The number of rotatable bonds is 3. The molecule has 114 valence electrons. The zero-order chi connectivity index (χ0) is 14.2. The summed E-state index contributed by atoms with van der Waals surface area (Å²) in [5.41, 5.74) is 1.18. The average Bonchev–Trinajstić information content (AvgIpc) is 3.21. The van der Waals surface area contributed by atoms with Crippen LogP contribution < -0.4 is 0 Å². The Balaban J connectivity index is 0.000000313. The van der Waals surface area contributed by atoms with Gasteiger partial charge in [0.05, 0.1) is 6.10 Å². The molecule has 21 heavy (non-hydrogen) atoms. The molecule has 0 fully saturated rings. The van der Waals surface area contributed by atoms with Crippen LogP contribution in [-0.4, -0.2) is 10.9 Å². The van der Waals surface area contributed by atoms with Crippen LogP contribution in [0.15, 0.2) is 84.9 Å². The molecule has 0 aliphatic rings. The van der Waals surface area contributed by atoms with E-state index in [4.69, 9.17) is 0 Å². The van der Waals surface area contributed by atoms with Crippen molar-refractivity contribution in [2.24, 2.45) is 0 Å². The van der Waals surface area contributed by atoms with Gasteiger partial charge >= 0.3 is 0 Å². The predicted octanol–water partition coefficient (Wildman–Crippen LogP) is 3.72. The maximum absolute atomic E-state index is 11.8. The SMILES string of the molecule is O=C(c1ccccc1)C(O)[c-]1cccc1.[Fe].[cH-]1[cH-][cH-][cH-][cH-]1. The molecule has 3 aromatic carbocycles. The molecule has 3 aromatic rings. The number of aliphatic hydroxyl groups excluding tert-OH is 1. The Kier molecular flexibility index (Phi) is 7.41. The molecule has 2 nitrogen and oxygen atoms in total. The third-order valence-electron chi connectivity index (χ3n) is 2.87. The Morgan fingerprint density at radius 2 is 1.38 bits per heavy atom. The van der Waals surface area contributed by atoms with E-state index in [-0.39, 0.29) is 22.9 Å². The topological polar surface area (TPSA) is 37.3 Å². The first-order chi connectivity index (χ1) is 9.79. The van der Waals surface area contributed by atoms with Gasteiger partial charge in [-0.1, -0.05) is 30.3 Å². The molecule has 0 heterocycles. The summed E-state index contributed by atoms with van der Waals surface area (Å²) in [6, 6.07) is 25.9. The molecule has 0 aliphatic heterocycles. The quantitative estimate of drug-likeness (QED) is 0.454. The van der Waals surface area contributed by atoms with Gasteiger partial charge in [0, 0.05) is 22.6 Å². The fourth-order valence-electron chi connectivity index (χ4n) is 1.80. The molecular formula is C18H16FeO2-6. The Labute approximate surface area is 135 Å². The van der Waals surface area contributed by atoms with Gasteiger partial charge in [-0.05, 0) is 0 Å². The largest absolute Gasteiger partial charge is 0.748 e. The minimum atomic E-state index is -1.05. The maximum atomic E-state index is 11.8. The first kappa shape index (κ1) is 17.1. The summed E-state index contributed by atoms with van der Waals surface area (Å²) in [6.07, 6.45) is -1.05. The van der Waals surface area contributed by atoms with Crippen molar-refractivity contribution in [1.29, 1.82) is 0 Å². The Morgan fingerprint density at radius 1 is 0.905 bits per heavy atom. The van der Waals surface area contributed by atoms with E-state index >= 15 is 0 Å². The van der Waals surface area contributed by atoms with Crippen molar-refractivity contribution < 1.29 is 27.0 Å². The number of hydrogen-bond acceptors (Lipinski definition) is 2. The van der Waals surface area contributed by atoms with Gasteiger partial charge in [0.25, 0.3) is 0 Å². The van der Waals surface area contributed by atoms with E-state index < -0.39 is 6.10 Å². The zero-order valence-corrected chi connectivity index (χ0v) is 12.5. The number of ketones is 1. The van der Waals surface area contributed by atoms with Gasteiger partial charge in [0.2, 0.25) is 0 Å². The first-order valence-corrected chi connectivity index (χ1v) is 6.44. The van der Waals surface area contributed by atoms with Crippen molar-refractivity contribution in [2.45, 2.75) is 6.10 Å². The van der Waals surface area contributed by atoms with Gasteiger partial charge in [-0.3, -0.25) is 4.79 Å². The van der Waals surface area contributed by atoms with Crippen LogP contribution in [0.4, 0.5) is 0 Å². The first-order valence-electron chi connectivity index (χ1n) is 6.44. The minimum absolute atomic E-state index is 0. The van der Waals surface area contributed by atoms with E-state index in [1.807, 2.05) is 36.4 Å². The van der Waals surface area contributed by atoms with Gasteiger partial charge in [-0.2, -0.15) is 12.1 Å². The van der Waals surface area contributed by atoms with Gasteiger partial charge in [0.1, 0.15) is 0 Å². The van der Waals surface area contributed by atoms with Crippen molar-refractivity contribution >= 4 is 5.78 Å². The molecule has 1 atom stereocenters. The summed E-state index contributed by atoms with van der Waals surface area (Å²) in [5, 5.41) is 9.78. The molecule has 3 rings (SSSR count). The van der Waals surface area contributed by atoms with E-state index in [1.54, 1.807) is 48.5 Å². The summed E-state index contributed by atoms with van der Waals surface area (Å²) in [6.45, 7) is 0. The van der Waals surface area contributed by atoms with Crippen LogP contribution in [0.25, 0.3) is 0 Å². The number of Topliss-reactive ketones (excluding diaryl/α,β-unsaturated/α-hetero) is 1.